The number of thioether (sulfide) groups is 2. The van der Waals surface area contributed by atoms with Crippen LogP contribution >= 0.6 is 34.9 Å². The Morgan fingerprint density at radius 3 is 2.69 bits per heavy atom. The number of rotatable bonds is 13. The van der Waals surface area contributed by atoms with Gasteiger partial charge in [0, 0.05) is 16.9 Å². The molecule has 0 bridgehead atoms. The molecule has 2 aromatic heterocycles. The van der Waals surface area contributed by atoms with Crippen molar-refractivity contribution in [2.45, 2.75) is 43.1 Å². The normalized spacial score (nSPS) is 19.0. The number of hydrogen-bond donors (Lipinski definition) is 4. The maximum Gasteiger partial charge on any atom is 0.355 e. The lowest BCUT2D eigenvalue weighted by molar-refractivity contribution is -0.150. The van der Waals surface area contributed by atoms with E-state index in [2.05, 4.69) is 41.0 Å². The molecule has 1 unspecified atom stereocenters. The van der Waals surface area contributed by atoms with Gasteiger partial charge in [-0.1, -0.05) is 22.1 Å². The van der Waals surface area contributed by atoms with Gasteiger partial charge >= 0.3 is 11.9 Å². The van der Waals surface area contributed by atoms with Gasteiger partial charge in [0.25, 0.3) is 11.8 Å². The number of nitrogens with zero attached hydrogens (tertiary/aromatic N) is 8. The summed E-state index contributed by atoms with van der Waals surface area (Å²) in [5.74, 6) is -3.68. The van der Waals surface area contributed by atoms with Crippen molar-refractivity contribution in [2.75, 3.05) is 24.3 Å². The summed E-state index contributed by atoms with van der Waals surface area (Å²) in [6, 6.07) is -1.02. The molecule has 224 valence electrons. The predicted octanol–water partition coefficient (Wildman–Crippen LogP) is -0.541. The molecule has 4 heterocycles. The van der Waals surface area contributed by atoms with Crippen molar-refractivity contribution < 1.29 is 39.1 Å². The molecule has 2 amide bonds. The number of oxime groups is 2. The summed E-state index contributed by atoms with van der Waals surface area (Å²) in [5.41, 5.74) is 5.54. The van der Waals surface area contributed by atoms with E-state index in [1.807, 2.05) is 0 Å². The first kappa shape index (κ1) is 30.7. The highest BCUT2D eigenvalue weighted by Gasteiger charge is 2.54. The number of aromatic nitrogens is 5. The maximum absolute atomic E-state index is 13.1. The minimum atomic E-state index is -1.33. The summed E-state index contributed by atoms with van der Waals surface area (Å²) in [7, 11) is 1.20. The Labute approximate surface area is 249 Å². The minimum Gasteiger partial charge on any atom is -0.477 e. The Kier molecular flexibility index (Phi) is 9.63. The van der Waals surface area contributed by atoms with Gasteiger partial charge in [0.2, 0.25) is 5.16 Å². The zero-order valence-electron chi connectivity index (χ0n) is 22.2. The van der Waals surface area contributed by atoms with Crippen molar-refractivity contribution >= 4 is 75.2 Å². The fraction of sp³-hybridized carbons (Fsp3) is 0.429. The van der Waals surface area contributed by atoms with E-state index in [-0.39, 0.29) is 57.3 Å². The second kappa shape index (κ2) is 13.2. The van der Waals surface area contributed by atoms with Gasteiger partial charge in [0.1, 0.15) is 36.0 Å². The number of thiazole rings is 1. The Morgan fingerprint density at radius 2 is 2.07 bits per heavy atom. The van der Waals surface area contributed by atoms with Crippen LogP contribution in [0.4, 0.5) is 5.13 Å². The number of carbonyl (C=O) groups excluding carboxylic acids is 2. The summed E-state index contributed by atoms with van der Waals surface area (Å²) in [6.45, 7) is 3.14. The molecule has 0 saturated carbocycles. The molecular formula is C21H24N10O8S3. The van der Waals surface area contributed by atoms with Crippen LogP contribution in [0, 0.1) is 0 Å². The number of fused-ring (bicyclic) bond motifs is 1. The number of carbonyl (C=O) groups is 4. The monoisotopic (exact) mass is 640 g/mol. The van der Waals surface area contributed by atoms with Gasteiger partial charge in [-0.05, 0) is 29.8 Å². The van der Waals surface area contributed by atoms with Crippen LogP contribution in [-0.2, 0) is 35.4 Å². The predicted molar refractivity (Wildman–Crippen MR) is 150 cm³/mol. The van der Waals surface area contributed by atoms with Crippen LogP contribution in [0.1, 0.15) is 19.5 Å². The zero-order valence-corrected chi connectivity index (χ0v) is 24.6. The van der Waals surface area contributed by atoms with E-state index in [0.29, 0.717) is 5.57 Å². The number of tetrazole rings is 1. The van der Waals surface area contributed by atoms with E-state index in [4.69, 9.17) is 10.6 Å². The summed E-state index contributed by atoms with van der Waals surface area (Å²) in [4.78, 5) is 64.8. The smallest absolute Gasteiger partial charge is 0.355 e. The van der Waals surface area contributed by atoms with E-state index in [1.165, 1.54) is 28.9 Å². The topological polar surface area (TPSA) is 250 Å². The van der Waals surface area contributed by atoms with Crippen molar-refractivity contribution in [3.63, 3.8) is 0 Å². The van der Waals surface area contributed by atoms with Crippen LogP contribution in [0.3, 0.4) is 0 Å². The highest BCUT2D eigenvalue weighted by molar-refractivity contribution is 8.01. The number of amides is 2. The number of carboxylic acids is 2. The van der Waals surface area contributed by atoms with E-state index < -0.39 is 35.2 Å². The second-order valence-electron chi connectivity index (χ2n) is 8.72. The fourth-order valence-electron chi connectivity index (χ4n) is 3.70. The van der Waals surface area contributed by atoms with Gasteiger partial charge < -0.3 is 30.9 Å². The van der Waals surface area contributed by atoms with E-state index in [1.54, 1.807) is 13.8 Å². The van der Waals surface area contributed by atoms with Gasteiger partial charge in [-0.3, -0.25) is 14.5 Å². The lowest BCUT2D eigenvalue weighted by atomic mass is 10.0. The third-order valence-corrected chi connectivity index (χ3v) is 8.55. The molecule has 0 radical (unpaired) electrons. The highest BCUT2D eigenvalue weighted by atomic mass is 32.2. The van der Waals surface area contributed by atoms with Crippen LogP contribution in [0.5, 0.6) is 0 Å². The van der Waals surface area contributed by atoms with Gasteiger partial charge in [0.05, 0.1) is 6.54 Å². The molecule has 5 N–H and O–H groups in total. The van der Waals surface area contributed by atoms with Gasteiger partial charge in [-0.2, -0.15) is 0 Å². The van der Waals surface area contributed by atoms with Crippen LogP contribution in [0.15, 0.2) is 32.1 Å². The number of nitrogen functional groups attached to an aromatic ring is 1. The lowest BCUT2D eigenvalue weighted by Crippen LogP contribution is -2.71. The minimum absolute atomic E-state index is 0.0843. The quantitative estimate of drug-likeness (QED) is 0.0928. The van der Waals surface area contributed by atoms with Crippen LogP contribution in [0.25, 0.3) is 0 Å². The summed E-state index contributed by atoms with van der Waals surface area (Å²) in [6.07, 6.45) is -0.333. The number of hydrogen-bond acceptors (Lipinski definition) is 16. The number of nitrogens with two attached hydrogens (primary N) is 1. The molecule has 1 saturated heterocycles. The average molecular weight is 641 g/mol. The number of aliphatic carboxylic acids is 2. The number of anilines is 1. The van der Waals surface area contributed by atoms with E-state index in [0.717, 1.165) is 28.0 Å². The highest BCUT2D eigenvalue weighted by Crippen LogP contribution is 2.41. The second-order valence-corrected chi connectivity index (χ2v) is 11.7. The van der Waals surface area contributed by atoms with Crippen molar-refractivity contribution in [2.24, 2.45) is 10.3 Å². The molecule has 4 rings (SSSR count). The Hall–Kier alpha value is -4.24. The first-order valence-corrected chi connectivity index (χ1v) is 14.8. The number of nitrogens with one attached hydrogen (secondary N) is 1. The maximum atomic E-state index is 13.1. The van der Waals surface area contributed by atoms with Crippen molar-refractivity contribution in [3.05, 3.63) is 22.3 Å². The van der Waals surface area contributed by atoms with Gasteiger partial charge in [0.15, 0.2) is 16.6 Å². The summed E-state index contributed by atoms with van der Waals surface area (Å²) < 4.78 is 1.18. The molecule has 0 aliphatic carbocycles. The van der Waals surface area contributed by atoms with Crippen LogP contribution in [-0.4, -0.2) is 112 Å². The largest absolute Gasteiger partial charge is 0.477 e. The number of carboxylic acid groups (broad SMARTS) is 2. The molecule has 2 aromatic rings. The molecular weight excluding hydrogens is 616 g/mol. The summed E-state index contributed by atoms with van der Waals surface area (Å²) in [5, 5.41) is 41.6. The Balaban J connectivity index is 1.48. The van der Waals surface area contributed by atoms with Crippen molar-refractivity contribution in [1.29, 1.82) is 0 Å². The molecule has 42 heavy (non-hydrogen) atoms. The van der Waals surface area contributed by atoms with Crippen LogP contribution in [0.2, 0.25) is 0 Å². The molecule has 1 fully saturated rings. The van der Waals surface area contributed by atoms with Crippen molar-refractivity contribution in [3.8, 4) is 0 Å². The SMILES string of the molecule is CO/N=C(\Cn1nnnc1SCC1=C(C(=O)O)N2C(=O)C(NC(=O)/C(=N\OC(C)C)c3csc(N)n3)[C@H]2SC1)C(=O)O. The molecule has 2 aliphatic heterocycles. The van der Waals surface area contributed by atoms with Gasteiger partial charge in [-0.15, -0.1) is 28.2 Å². The first-order chi connectivity index (χ1) is 20.0. The Bertz CT molecular complexity index is 1490. The summed E-state index contributed by atoms with van der Waals surface area (Å²) >= 11 is 3.42. The zero-order chi connectivity index (χ0) is 30.6. The van der Waals surface area contributed by atoms with Crippen LogP contribution < -0.4 is 11.1 Å². The lowest BCUT2D eigenvalue weighted by Gasteiger charge is -2.49. The van der Waals surface area contributed by atoms with E-state index >= 15 is 0 Å². The molecule has 2 atom stereocenters. The Morgan fingerprint density at radius 1 is 1.31 bits per heavy atom. The number of β-lactam (4-membered cyclic amide) rings is 1. The molecule has 18 nitrogen and oxygen atoms in total. The molecule has 0 aromatic carbocycles. The first-order valence-electron chi connectivity index (χ1n) is 11.9. The third-order valence-electron chi connectivity index (χ3n) is 5.49. The molecule has 2 aliphatic rings. The third kappa shape index (κ3) is 6.62. The fourth-order valence-corrected chi connectivity index (χ4v) is 6.61. The molecule has 21 heteroatoms. The molecule has 0 spiro atoms. The average Bonchev–Trinajstić information content (AvgIpc) is 3.57. The van der Waals surface area contributed by atoms with E-state index in [9.17, 15) is 29.4 Å². The van der Waals surface area contributed by atoms with Crippen molar-refractivity contribution in [1.82, 2.24) is 35.4 Å². The van der Waals surface area contributed by atoms with Gasteiger partial charge in [-0.25, -0.2) is 19.3 Å². The standard InChI is InChI=1S/C21H24N10O8S3/c1-8(2)39-27-12(11-7-41-20(22)23-11)15(32)24-13-16(33)31-14(19(36)37)9(5-40-17(13)31)6-42-21-25-28-29-30(21)4-10(18(34)35)26-38-3/h7-8,13,17H,4-6H2,1-3H3,(H2,22,23)(H,24,32)(H,34,35)(H,36,37)/b26-10+,27-12-/t13?,17-/m1/s1.